The molecule has 0 N–H and O–H groups in total. The Morgan fingerprint density at radius 3 is 2.21 bits per heavy atom. The number of rotatable bonds is 5. The first kappa shape index (κ1) is 21.1. The van der Waals surface area contributed by atoms with Crippen molar-refractivity contribution in [2.24, 2.45) is 0 Å². The van der Waals surface area contributed by atoms with Crippen molar-refractivity contribution >= 4 is 27.3 Å². The standard InChI is InChI=1S/C20H16ClF3N2O2S/c1-14-7-9-17(10-8-14)29(27,28)26(16-5-3-2-4-6-16)13-19-18(21)11-15(12-25-19)20(22,23)24/h2-12H,13H2,1H3. The van der Waals surface area contributed by atoms with E-state index in [0.717, 1.165) is 15.9 Å². The molecule has 1 heterocycles. The van der Waals surface area contributed by atoms with Gasteiger partial charge in [0.05, 0.1) is 33.4 Å². The Bertz CT molecular complexity index is 1100. The summed E-state index contributed by atoms with van der Waals surface area (Å²) in [6, 6.07) is 15.2. The molecular formula is C20H16ClF3N2O2S. The molecule has 152 valence electrons. The molecule has 3 rings (SSSR count). The summed E-state index contributed by atoms with van der Waals surface area (Å²) in [7, 11) is -4.01. The SMILES string of the molecule is Cc1ccc(S(=O)(=O)N(Cc2ncc(C(F)(F)F)cc2Cl)c2ccccc2)cc1. The van der Waals surface area contributed by atoms with Crippen molar-refractivity contribution in [3.05, 3.63) is 88.7 Å². The van der Waals surface area contributed by atoms with E-state index in [-0.39, 0.29) is 22.2 Å². The molecule has 3 aromatic rings. The minimum atomic E-state index is -4.59. The number of sulfonamides is 1. The third kappa shape index (κ3) is 4.71. The lowest BCUT2D eigenvalue weighted by atomic mass is 10.2. The number of hydrogen-bond donors (Lipinski definition) is 0. The fraction of sp³-hybridized carbons (Fsp3) is 0.150. The van der Waals surface area contributed by atoms with Crippen LogP contribution in [-0.2, 0) is 22.7 Å². The van der Waals surface area contributed by atoms with Gasteiger partial charge in [-0.3, -0.25) is 9.29 Å². The van der Waals surface area contributed by atoms with Gasteiger partial charge in [0, 0.05) is 6.20 Å². The van der Waals surface area contributed by atoms with Crippen molar-refractivity contribution < 1.29 is 21.6 Å². The summed E-state index contributed by atoms with van der Waals surface area (Å²) in [6.07, 6.45) is -3.95. The molecule has 0 bridgehead atoms. The van der Waals surface area contributed by atoms with Crippen molar-refractivity contribution in [1.29, 1.82) is 0 Å². The molecule has 0 saturated carbocycles. The van der Waals surface area contributed by atoms with E-state index in [0.29, 0.717) is 11.9 Å². The van der Waals surface area contributed by atoms with Gasteiger partial charge >= 0.3 is 6.18 Å². The molecule has 0 saturated heterocycles. The van der Waals surface area contributed by atoms with Crippen molar-refractivity contribution in [2.45, 2.75) is 24.5 Å². The maximum atomic E-state index is 13.3. The highest BCUT2D eigenvalue weighted by atomic mass is 35.5. The molecule has 0 aliphatic heterocycles. The van der Waals surface area contributed by atoms with Crippen LogP contribution in [0.3, 0.4) is 0 Å². The Morgan fingerprint density at radius 2 is 1.66 bits per heavy atom. The van der Waals surface area contributed by atoms with Gasteiger partial charge in [0.25, 0.3) is 10.0 Å². The van der Waals surface area contributed by atoms with Gasteiger partial charge in [-0.2, -0.15) is 13.2 Å². The van der Waals surface area contributed by atoms with Gasteiger partial charge in [-0.05, 0) is 37.3 Å². The molecule has 0 unspecified atom stereocenters. The highest BCUT2D eigenvalue weighted by molar-refractivity contribution is 7.92. The molecule has 9 heteroatoms. The number of benzene rings is 2. The quantitative estimate of drug-likeness (QED) is 0.529. The molecule has 0 aliphatic carbocycles. The van der Waals surface area contributed by atoms with Gasteiger partial charge in [-0.1, -0.05) is 47.5 Å². The van der Waals surface area contributed by atoms with E-state index in [1.54, 1.807) is 42.5 Å². The number of anilines is 1. The lowest BCUT2D eigenvalue weighted by molar-refractivity contribution is -0.137. The van der Waals surface area contributed by atoms with Gasteiger partial charge < -0.3 is 0 Å². The molecule has 0 fully saturated rings. The highest BCUT2D eigenvalue weighted by Crippen LogP contribution is 2.32. The number of pyridine rings is 1. The van der Waals surface area contributed by atoms with Gasteiger partial charge in [0.2, 0.25) is 0 Å². The summed E-state index contributed by atoms with van der Waals surface area (Å²) < 4.78 is 66.2. The maximum Gasteiger partial charge on any atom is 0.417 e. The summed E-state index contributed by atoms with van der Waals surface area (Å²) in [4.78, 5) is 3.82. The van der Waals surface area contributed by atoms with Crippen LogP contribution in [0.1, 0.15) is 16.8 Å². The molecule has 4 nitrogen and oxygen atoms in total. The summed E-state index contributed by atoms with van der Waals surface area (Å²) in [5.74, 6) is 0. The number of alkyl halides is 3. The van der Waals surface area contributed by atoms with Crippen LogP contribution in [0, 0.1) is 6.92 Å². The van der Waals surface area contributed by atoms with E-state index in [2.05, 4.69) is 4.98 Å². The summed E-state index contributed by atoms with van der Waals surface area (Å²) in [5, 5.41) is -0.264. The number of para-hydroxylation sites is 1. The van der Waals surface area contributed by atoms with Crippen LogP contribution >= 0.6 is 11.6 Å². The van der Waals surface area contributed by atoms with Crippen molar-refractivity contribution in [3.8, 4) is 0 Å². The van der Waals surface area contributed by atoms with Gasteiger partial charge in [0.15, 0.2) is 0 Å². The highest BCUT2D eigenvalue weighted by Gasteiger charge is 2.32. The van der Waals surface area contributed by atoms with Crippen molar-refractivity contribution in [1.82, 2.24) is 4.98 Å². The average Bonchev–Trinajstić information content (AvgIpc) is 2.67. The Labute approximate surface area is 171 Å². The van der Waals surface area contributed by atoms with E-state index < -0.39 is 21.8 Å². The zero-order valence-corrected chi connectivity index (χ0v) is 16.8. The van der Waals surface area contributed by atoms with Gasteiger partial charge in [-0.25, -0.2) is 8.42 Å². The van der Waals surface area contributed by atoms with E-state index >= 15 is 0 Å². The zero-order valence-electron chi connectivity index (χ0n) is 15.2. The smallest absolute Gasteiger partial charge is 0.260 e. The van der Waals surface area contributed by atoms with Crippen molar-refractivity contribution in [2.75, 3.05) is 4.31 Å². The fourth-order valence-electron chi connectivity index (χ4n) is 2.62. The van der Waals surface area contributed by atoms with Crippen LogP contribution in [0.4, 0.5) is 18.9 Å². The van der Waals surface area contributed by atoms with Crippen LogP contribution in [-0.4, -0.2) is 13.4 Å². The summed E-state index contributed by atoms with van der Waals surface area (Å²) in [6.45, 7) is 1.51. The molecule has 1 aromatic heterocycles. The van der Waals surface area contributed by atoms with E-state index in [9.17, 15) is 21.6 Å². The number of hydrogen-bond acceptors (Lipinski definition) is 3. The van der Waals surface area contributed by atoms with Gasteiger partial charge in [-0.15, -0.1) is 0 Å². The molecule has 2 aromatic carbocycles. The Kier molecular flexibility index (Phi) is 5.86. The largest absolute Gasteiger partial charge is 0.417 e. The monoisotopic (exact) mass is 440 g/mol. The van der Waals surface area contributed by atoms with Crippen LogP contribution < -0.4 is 4.31 Å². The van der Waals surface area contributed by atoms with Crippen LogP contribution in [0.5, 0.6) is 0 Å². The number of halogens is 4. The van der Waals surface area contributed by atoms with Crippen LogP contribution in [0.25, 0.3) is 0 Å². The Hall–Kier alpha value is -2.58. The number of aromatic nitrogens is 1. The average molecular weight is 441 g/mol. The topological polar surface area (TPSA) is 50.3 Å². The Balaban J connectivity index is 2.05. The van der Waals surface area contributed by atoms with E-state index in [4.69, 9.17) is 11.6 Å². The molecular weight excluding hydrogens is 425 g/mol. The second-order valence-electron chi connectivity index (χ2n) is 6.31. The predicted octanol–water partition coefficient (Wildman–Crippen LogP) is 5.46. The normalized spacial score (nSPS) is 12.0. The zero-order chi connectivity index (χ0) is 21.2. The molecule has 0 radical (unpaired) electrons. The van der Waals surface area contributed by atoms with E-state index in [1.165, 1.54) is 12.1 Å². The lowest BCUT2D eigenvalue weighted by Gasteiger charge is -2.25. The summed E-state index contributed by atoms with van der Waals surface area (Å²) in [5.41, 5.74) is 0.242. The molecule has 29 heavy (non-hydrogen) atoms. The molecule has 0 amide bonds. The molecule has 0 aliphatic rings. The Morgan fingerprint density at radius 1 is 1.03 bits per heavy atom. The van der Waals surface area contributed by atoms with E-state index in [1.807, 2.05) is 6.92 Å². The third-order valence-electron chi connectivity index (χ3n) is 4.19. The lowest BCUT2D eigenvalue weighted by Crippen LogP contribution is -2.31. The van der Waals surface area contributed by atoms with Crippen LogP contribution in [0.15, 0.2) is 71.8 Å². The first-order chi connectivity index (χ1) is 13.6. The fourth-order valence-corrected chi connectivity index (χ4v) is 4.27. The van der Waals surface area contributed by atoms with Gasteiger partial charge in [0.1, 0.15) is 0 Å². The van der Waals surface area contributed by atoms with Crippen molar-refractivity contribution in [3.63, 3.8) is 0 Å². The van der Waals surface area contributed by atoms with Crippen LogP contribution in [0.2, 0.25) is 5.02 Å². The maximum absolute atomic E-state index is 13.3. The first-order valence-electron chi connectivity index (χ1n) is 8.45. The molecule has 0 spiro atoms. The second-order valence-corrected chi connectivity index (χ2v) is 8.58. The minimum absolute atomic E-state index is 0.0132. The number of aryl methyl sites for hydroxylation is 1. The first-order valence-corrected chi connectivity index (χ1v) is 10.3. The predicted molar refractivity (Wildman–Crippen MR) is 105 cm³/mol. The third-order valence-corrected chi connectivity index (χ3v) is 6.31. The number of nitrogens with zero attached hydrogens (tertiary/aromatic N) is 2. The molecule has 0 atom stereocenters. The second kappa shape index (κ2) is 8.04. The minimum Gasteiger partial charge on any atom is -0.260 e. The summed E-state index contributed by atoms with van der Waals surface area (Å²) >= 11 is 6.00.